The second-order valence-electron chi connectivity index (χ2n) is 3.53. The van der Waals surface area contributed by atoms with Crippen LogP contribution in [0.5, 0.6) is 0 Å². The van der Waals surface area contributed by atoms with Crippen LogP contribution < -0.4 is 5.32 Å². The van der Waals surface area contributed by atoms with Gasteiger partial charge in [-0.1, -0.05) is 6.92 Å². The molecule has 0 saturated carbocycles. The molecule has 2 heterocycles. The van der Waals surface area contributed by atoms with Gasteiger partial charge in [-0.25, -0.2) is 4.98 Å². The number of pyridine rings is 1. The van der Waals surface area contributed by atoms with Crippen molar-refractivity contribution in [3.8, 4) is 0 Å². The summed E-state index contributed by atoms with van der Waals surface area (Å²) >= 11 is 10.6. The van der Waals surface area contributed by atoms with Gasteiger partial charge in [0.1, 0.15) is 5.03 Å². The van der Waals surface area contributed by atoms with Gasteiger partial charge in [0.05, 0.1) is 4.47 Å². The van der Waals surface area contributed by atoms with Crippen LogP contribution in [0.3, 0.4) is 0 Å². The van der Waals surface area contributed by atoms with Crippen molar-refractivity contribution in [3.05, 3.63) is 28.1 Å². The SMILES string of the molecule is CCCNc1nc(Cl)nc(Sc2ncccc2Br)n1. The molecule has 0 radical (unpaired) electrons. The average molecular weight is 361 g/mol. The summed E-state index contributed by atoms with van der Waals surface area (Å²) in [5.74, 6) is 0.483. The molecule has 0 unspecified atom stereocenters. The first-order valence-electron chi connectivity index (χ1n) is 5.63. The Morgan fingerprint density at radius 2 is 2.21 bits per heavy atom. The monoisotopic (exact) mass is 359 g/mol. The number of nitrogens with zero attached hydrogens (tertiary/aromatic N) is 4. The molecule has 0 aliphatic carbocycles. The Hall–Kier alpha value is -0.920. The van der Waals surface area contributed by atoms with Crippen LogP contribution in [0.1, 0.15) is 13.3 Å². The predicted octanol–water partition coefficient (Wildman–Crippen LogP) is 3.66. The Bertz CT molecular complexity index is 569. The van der Waals surface area contributed by atoms with Crippen molar-refractivity contribution in [2.75, 3.05) is 11.9 Å². The molecule has 8 heteroatoms. The van der Waals surface area contributed by atoms with E-state index in [2.05, 4.69) is 48.1 Å². The molecule has 0 aliphatic rings. The van der Waals surface area contributed by atoms with Gasteiger partial charge in [-0.05, 0) is 57.8 Å². The first-order chi connectivity index (χ1) is 9.19. The quantitative estimate of drug-likeness (QED) is 0.878. The molecule has 2 aromatic rings. The zero-order chi connectivity index (χ0) is 13.7. The van der Waals surface area contributed by atoms with Gasteiger partial charge in [0.2, 0.25) is 11.2 Å². The lowest BCUT2D eigenvalue weighted by atomic mass is 10.5. The predicted molar refractivity (Wildman–Crippen MR) is 79.7 cm³/mol. The molecule has 0 fully saturated rings. The van der Waals surface area contributed by atoms with Crippen LogP contribution in [0.25, 0.3) is 0 Å². The zero-order valence-electron chi connectivity index (χ0n) is 10.1. The van der Waals surface area contributed by atoms with Crippen molar-refractivity contribution >= 4 is 45.2 Å². The summed E-state index contributed by atoms with van der Waals surface area (Å²) in [6.45, 7) is 2.86. The fraction of sp³-hybridized carbons (Fsp3) is 0.273. The molecule has 0 atom stereocenters. The number of aromatic nitrogens is 4. The van der Waals surface area contributed by atoms with Crippen molar-refractivity contribution in [1.29, 1.82) is 0 Å². The van der Waals surface area contributed by atoms with Crippen LogP contribution >= 0.6 is 39.3 Å². The van der Waals surface area contributed by atoms with E-state index in [1.807, 2.05) is 12.1 Å². The minimum Gasteiger partial charge on any atom is -0.354 e. The maximum absolute atomic E-state index is 5.89. The fourth-order valence-corrected chi connectivity index (χ4v) is 2.65. The lowest BCUT2D eigenvalue weighted by molar-refractivity contribution is 0.875. The van der Waals surface area contributed by atoms with Crippen LogP contribution in [0, 0.1) is 0 Å². The molecular formula is C11H11BrClN5S. The van der Waals surface area contributed by atoms with E-state index < -0.39 is 0 Å². The highest BCUT2D eigenvalue weighted by atomic mass is 79.9. The van der Waals surface area contributed by atoms with Gasteiger partial charge >= 0.3 is 0 Å². The molecule has 0 spiro atoms. The summed E-state index contributed by atoms with van der Waals surface area (Å²) < 4.78 is 0.889. The first kappa shape index (κ1) is 14.5. The summed E-state index contributed by atoms with van der Waals surface area (Å²) in [4.78, 5) is 16.6. The molecule has 100 valence electrons. The molecule has 19 heavy (non-hydrogen) atoms. The van der Waals surface area contributed by atoms with Gasteiger partial charge in [0.15, 0.2) is 5.16 Å². The van der Waals surface area contributed by atoms with Crippen molar-refractivity contribution in [1.82, 2.24) is 19.9 Å². The molecular weight excluding hydrogens is 350 g/mol. The molecule has 0 aliphatic heterocycles. The van der Waals surface area contributed by atoms with Crippen molar-refractivity contribution in [2.45, 2.75) is 23.5 Å². The summed E-state index contributed by atoms with van der Waals surface area (Å²) in [6, 6.07) is 3.76. The summed E-state index contributed by atoms with van der Waals surface area (Å²) in [5.41, 5.74) is 0. The van der Waals surface area contributed by atoms with Gasteiger partial charge < -0.3 is 5.32 Å². The topological polar surface area (TPSA) is 63.6 Å². The van der Waals surface area contributed by atoms with E-state index in [4.69, 9.17) is 11.6 Å². The van der Waals surface area contributed by atoms with Crippen molar-refractivity contribution in [2.24, 2.45) is 0 Å². The van der Waals surface area contributed by atoms with Crippen LogP contribution in [0.15, 0.2) is 33.0 Å². The maximum atomic E-state index is 5.89. The Morgan fingerprint density at radius 1 is 1.37 bits per heavy atom. The molecule has 1 N–H and O–H groups in total. The van der Waals surface area contributed by atoms with E-state index >= 15 is 0 Å². The Kier molecular flexibility index (Phi) is 5.35. The third-order valence-electron chi connectivity index (χ3n) is 2.03. The molecule has 0 bridgehead atoms. The summed E-state index contributed by atoms with van der Waals surface area (Å²) in [5, 5.41) is 4.55. The van der Waals surface area contributed by atoms with E-state index in [0.717, 1.165) is 22.5 Å². The summed E-state index contributed by atoms with van der Waals surface area (Å²) in [6.07, 6.45) is 2.70. The van der Waals surface area contributed by atoms with Crippen LogP contribution in [0.4, 0.5) is 5.95 Å². The zero-order valence-corrected chi connectivity index (χ0v) is 13.3. The highest BCUT2D eigenvalue weighted by Gasteiger charge is 2.09. The number of anilines is 1. The van der Waals surface area contributed by atoms with Gasteiger partial charge in [-0.2, -0.15) is 15.0 Å². The molecule has 2 aromatic heterocycles. The van der Waals surface area contributed by atoms with Gasteiger partial charge in [0, 0.05) is 12.7 Å². The van der Waals surface area contributed by atoms with E-state index in [1.54, 1.807) is 6.20 Å². The lowest BCUT2D eigenvalue weighted by Gasteiger charge is -2.05. The second-order valence-corrected chi connectivity index (χ2v) is 5.68. The van der Waals surface area contributed by atoms with Gasteiger partial charge in [-0.15, -0.1) is 0 Å². The highest BCUT2D eigenvalue weighted by molar-refractivity contribution is 9.10. The lowest BCUT2D eigenvalue weighted by Crippen LogP contribution is -2.06. The molecule has 0 saturated heterocycles. The van der Waals surface area contributed by atoms with E-state index in [-0.39, 0.29) is 5.28 Å². The summed E-state index contributed by atoms with van der Waals surface area (Å²) in [7, 11) is 0. The normalized spacial score (nSPS) is 10.5. The molecule has 2 rings (SSSR count). The standard InChI is InChI=1S/C11H11BrClN5S/c1-2-5-15-10-16-9(13)17-11(18-10)19-8-7(12)4-3-6-14-8/h3-4,6H,2,5H2,1H3,(H,15,16,17,18). The smallest absolute Gasteiger partial charge is 0.228 e. The van der Waals surface area contributed by atoms with E-state index in [0.29, 0.717) is 11.1 Å². The third-order valence-corrected chi connectivity index (χ3v) is 3.99. The number of hydrogen-bond donors (Lipinski definition) is 1. The maximum Gasteiger partial charge on any atom is 0.228 e. The Morgan fingerprint density at radius 3 is 2.95 bits per heavy atom. The number of rotatable bonds is 5. The van der Waals surface area contributed by atoms with Crippen LogP contribution in [-0.2, 0) is 0 Å². The minimum absolute atomic E-state index is 0.170. The molecule has 0 amide bonds. The van der Waals surface area contributed by atoms with Crippen LogP contribution in [0.2, 0.25) is 5.28 Å². The van der Waals surface area contributed by atoms with Crippen molar-refractivity contribution in [3.63, 3.8) is 0 Å². The van der Waals surface area contributed by atoms with Crippen molar-refractivity contribution < 1.29 is 0 Å². The van der Waals surface area contributed by atoms with Crippen LogP contribution in [-0.4, -0.2) is 26.5 Å². The van der Waals surface area contributed by atoms with E-state index in [1.165, 1.54) is 11.8 Å². The molecule has 5 nitrogen and oxygen atoms in total. The Balaban J connectivity index is 2.20. The average Bonchev–Trinajstić information content (AvgIpc) is 2.38. The minimum atomic E-state index is 0.170. The number of halogens is 2. The van der Waals surface area contributed by atoms with Gasteiger partial charge in [-0.3, -0.25) is 0 Å². The largest absolute Gasteiger partial charge is 0.354 e. The fourth-order valence-electron chi connectivity index (χ4n) is 1.23. The first-order valence-corrected chi connectivity index (χ1v) is 7.61. The number of hydrogen-bond acceptors (Lipinski definition) is 6. The van der Waals surface area contributed by atoms with Gasteiger partial charge in [0.25, 0.3) is 0 Å². The molecule has 0 aromatic carbocycles. The highest BCUT2D eigenvalue weighted by Crippen LogP contribution is 2.29. The number of nitrogens with one attached hydrogen (secondary N) is 1. The third kappa shape index (κ3) is 4.29. The van der Waals surface area contributed by atoms with E-state index in [9.17, 15) is 0 Å². The Labute approximate surface area is 128 Å². The second kappa shape index (κ2) is 7.02.